The van der Waals surface area contributed by atoms with E-state index in [0.717, 1.165) is 47.9 Å². The highest BCUT2D eigenvalue weighted by molar-refractivity contribution is 6.30. The zero-order chi connectivity index (χ0) is 20.4. The molecule has 0 aliphatic carbocycles. The third-order valence-corrected chi connectivity index (χ3v) is 5.88. The van der Waals surface area contributed by atoms with Gasteiger partial charge in [0.25, 0.3) is 5.91 Å². The Kier molecular flexibility index (Phi) is 5.79. The molecule has 3 aromatic rings. The van der Waals surface area contributed by atoms with Crippen LogP contribution < -0.4 is 15.1 Å². The Morgan fingerprint density at radius 1 is 1.21 bits per heavy atom. The lowest BCUT2D eigenvalue weighted by Gasteiger charge is -2.34. The monoisotopic (exact) mass is 412 g/mol. The van der Waals surface area contributed by atoms with E-state index in [1.165, 1.54) is 16.2 Å². The van der Waals surface area contributed by atoms with Crippen molar-refractivity contribution in [3.8, 4) is 0 Å². The van der Waals surface area contributed by atoms with Gasteiger partial charge < -0.3 is 19.5 Å². The molecular weight excluding hydrogens is 386 g/mol. The Bertz CT molecular complexity index is 975. The Morgan fingerprint density at radius 3 is 2.72 bits per heavy atom. The summed E-state index contributed by atoms with van der Waals surface area (Å²) in [5, 5.41) is 4.90. The number of halogens is 1. The van der Waals surface area contributed by atoms with Crippen LogP contribution in [-0.4, -0.2) is 38.6 Å². The van der Waals surface area contributed by atoms with E-state index in [4.69, 9.17) is 16.0 Å². The lowest BCUT2D eigenvalue weighted by molar-refractivity contribution is -0.892. The summed E-state index contributed by atoms with van der Waals surface area (Å²) < 4.78 is 5.87. The molecule has 2 N–H and O–H groups in total. The molecule has 0 bridgehead atoms. The van der Waals surface area contributed by atoms with Gasteiger partial charge in [-0.1, -0.05) is 35.9 Å². The van der Waals surface area contributed by atoms with Gasteiger partial charge in [-0.05, 0) is 43.7 Å². The number of benzene rings is 2. The largest absolute Gasteiger partial charge is 0.459 e. The second-order valence-electron chi connectivity index (χ2n) is 7.82. The molecule has 6 heteroatoms. The molecule has 29 heavy (non-hydrogen) atoms. The molecule has 2 heterocycles. The number of carbonyl (C=O) groups is 1. The van der Waals surface area contributed by atoms with E-state index in [1.54, 1.807) is 0 Å². The third-order valence-electron chi connectivity index (χ3n) is 5.64. The number of aryl methyl sites for hydroxylation is 1. The first kappa shape index (κ1) is 19.8. The van der Waals surface area contributed by atoms with Crippen LogP contribution in [0.5, 0.6) is 0 Å². The minimum atomic E-state index is -0.148. The first-order valence-electron chi connectivity index (χ1n) is 10.1. The van der Waals surface area contributed by atoms with Crippen LogP contribution >= 0.6 is 11.6 Å². The zero-order valence-electron chi connectivity index (χ0n) is 16.9. The number of quaternary nitrogens is 1. The number of hydrogen-bond acceptors (Lipinski definition) is 3. The quantitative estimate of drug-likeness (QED) is 0.677. The molecule has 1 aromatic heterocycles. The van der Waals surface area contributed by atoms with Crippen molar-refractivity contribution >= 4 is 34.2 Å². The second kappa shape index (κ2) is 8.47. The molecule has 1 amide bonds. The highest BCUT2D eigenvalue weighted by Crippen LogP contribution is 2.25. The van der Waals surface area contributed by atoms with Crippen LogP contribution in [0.15, 0.2) is 52.9 Å². The summed E-state index contributed by atoms with van der Waals surface area (Å²) in [5.41, 5.74) is 3.27. The summed E-state index contributed by atoms with van der Waals surface area (Å²) in [4.78, 5) is 16.2. The van der Waals surface area contributed by atoms with Gasteiger partial charge in [0, 0.05) is 16.1 Å². The molecule has 5 nitrogen and oxygen atoms in total. The first-order valence-corrected chi connectivity index (χ1v) is 10.5. The van der Waals surface area contributed by atoms with Crippen molar-refractivity contribution < 1.29 is 14.1 Å². The van der Waals surface area contributed by atoms with E-state index in [1.807, 2.05) is 49.4 Å². The second-order valence-corrected chi connectivity index (χ2v) is 8.26. The molecule has 1 atom stereocenters. The standard InChI is InChI=1S/C23H26ClN3O2/c1-16-7-8-19(24)14-20(16)27-11-9-26(10-12-27)15-23(28)25-17(2)22-13-18-5-3-4-6-21(18)29-22/h3-8,13-14,17H,9-12,15H2,1-2H3,(H,25,28)/p+1/t17-/m1/s1. The van der Waals surface area contributed by atoms with Crippen LogP contribution in [-0.2, 0) is 4.79 Å². The van der Waals surface area contributed by atoms with E-state index in [9.17, 15) is 4.79 Å². The van der Waals surface area contributed by atoms with Gasteiger partial charge in [0.05, 0.1) is 32.2 Å². The molecule has 0 radical (unpaired) electrons. The van der Waals surface area contributed by atoms with Crippen LogP contribution in [0.1, 0.15) is 24.3 Å². The molecule has 1 saturated heterocycles. The Labute approximate surface area is 176 Å². The summed E-state index contributed by atoms with van der Waals surface area (Å²) >= 11 is 6.17. The van der Waals surface area contributed by atoms with E-state index < -0.39 is 0 Å². The Morgan fingerprint density at radius 2 is 1.97 bits per heavy atom. The average molecular weight is 413 g/mol. The molecular formula is C23H27ClN3O2+. The number of rotatable bonds is 5. The van der Waals surface area contributed by atoms with Crippen molar-refractivity contribution in [3.05, 3.63) is 64.9 Å². The van der Waals surface area contributed by atoms with Crippen LogP contribution in [0, 0.1) is 6.92 Å². The molecule has 0 spiro atoms. The number of fused-ring (bicyclic) bond motifs is 1. The van der Waals surface area contributed by atoms with Crippen molar-refractivity contribution in [2.45, 2.75) is 19.9 Å². The SMILES string of the molecule is Cc1ccc(Cl)cc1N1CC[NH+](CC(=O)N[C@H](C)c2cc3ccccc3o2)CC1. The Balaban J connectivity index is 1.30. The van der Waals surface area contributed by atoms with E-state index in [0.29, 0.717) is 6.54 Å². The Hall–Kier alpha value is -2.50. The normalized spacial score (nSPS) is 16.2. The predicted molar refractivity (Wildman–Crippen MR) is 117 cm³/mol. The molecule has 1 aliphatic rings. The predicted octanol–water partition coefficient (Wildman–Crippen LogP) is 2.98. The van der Waals surface area contributed by atoms with Gasteiger partial charge in [0.15, 0.2) is 6.54 Å². The molecule has 2 aromatic carbocycles. The van der Waals surface area contributed by atoms with Crippen molar-refractivity contribution in [1.82, 2.24) is 5.32 Å². The maximum Gasteiger partial charge on any atom is 0.275 e. The van der Waals surface area contributed by atoms with Gasteiger partial charge in [0.1, 0.15) is 11.3 Å². The van der Waals surface area contributed by atoms with Gasteiger partial charge in [-0.2, -0.15) is 0 Å². The number of para-hydroxylation sites is 1. The summed E-state index contributed by atoms with van der Waals surface area (Å²) in [6, 6.07) is 15.8. The summed E-state index contributed by atoms with van der Waals surface area (Å²) in [5.74, 6) is 0.844. The number of nitrogens with zero attached hydrogens (tertiary/aromatic N) is 1. The van der Waals surface area contributed by atoms with Gasteiger partial charge in [-0.25, -0.2) is 0 Å². The maximum absolute atomic E-state index is 12.6. The van der Waals surface area contributed by atoms with Gasteiger partial charge in [0.2, 0.25) is 0 Å². The zero-order valence-corrected chi connectivity index (χ0v) is 17.6. The number of anilines is 1. The van der Waals surface area contributed by atoms with Crippen molar-refractivity contribution in [2.24, 2.45) is 0 Å². The van der Waals surface area contributed by atoms with Crippen molar-refractivity contribution in [2.75, 3.05) is 37.6 Å². The van der Waals surface area contributed by atoms with Gasteiger partial charge in [-0.15, -0.1) is 0 Å². The number of hydrogen-bond donors (Lipinski definition) is 2. The number of piperazine rings is 1. The summed E-state index contributed by atoms with van der Waals surface area (Å²) in [6.45, 7) is 8.25. The van der Waals surface area contributed by atoms with Crippen molar-refractivity contribution in [3.63, 3.8) is 0 Å². The van der Waals surface area contributed by atoms with E-state index in [-0.39, 0.29) is 11.9 Å². The van der Waals surface area contributed by atoms with Crippen LogP contribution in [0.25, 0.3) is 11.0 Å². The third kappa shape index (κ3) is 4.57. The first-order chi connectivity index (χ1) is 14.0. The molecule has 4 rings (SSSR count). The van der Waals surface area contributed by atoms with Crippen LogP contribution in [0.4, 0.5) is 5.69 Å². The fourth-order valence-corrected chi connectivity index (χ4v) is 4.14. The number of carbonyl (C=O) groups excluding carboxylic acids is 1. The van der Waals surface area contributed by atoms with Crippen LogP contribution in [0.2, 0.25) is 5.02 Å². The van der Waals surface area contributed by atoms with Gasteiger partial charge >= 0.3 is 0 Å². The summed E-state index contributed by atoms with van der Waals surface area (Å²) in [7, 11) is 0. The lowest BCUT2D eigenvalue weighted by atomic mass is 10.1. The molecule has 0 saturated carbocycles. The highest BCUT2D eigenvalue weighted by Gasteiger charge is 2.24. The van der Waals surface area contributed by atoms with Crippen molar-refractivity contribution in [1.29, 1.82) is 0 Å². The molecule has 152 valence electrons. The fourth-order valence-electron chi connectivity index (χ4n) is 3.97. The van der Waals surface area contributed by atoms with E-state index >= 15 is 0 Å². The highest BCUT2D eigenvalue weighted by atomic mass is 35.5. The molecule has 0 unspecified atom stereocenters. The molecule has 1 aliphatic heterocycles. The average Bonchev–Trinajstić information content (AvgIpc) is 3.15. The smallest absolute Gasteiger partial charge is 0.275 e. The lowest BCUT2D eigenvalue weighted by Crippen LogP contribution is -3.16. The topological polar surface area (TPSA) is 49.9 Å². The number of nitrogens with one attached hydrogen (secondary N) is 2. The fraction of sp³-hybridized carbons (Fsp3) is 0.348. The maximum atomic E-state index is 12.6. The van der Waals surface area contributed by atoms with Gasteiger partial charge in [-0.3, -0.25) is 4.79 Å². The minimum Gasteiger partial charge on any atom is -0.459 e. The molecule has 1 fully saturated rings. The van der Waals surface area contributed by atoms with Crippen LogP contribution in [0.3, 0.4) is 0 Å². The summed E-state index contributed by atoms with van der Waals surface area (Å²) in [6.07, 6.45) is 0. The minimum absolute atomic E-state index is 0.0559. The van der Waals surface area contributed by atoms with E-state index in [2.05, 4.69) is 23.2 Å². The number of furan rings is 1. The number of amides is 1.